The van der Waals surface area contributed by atoms with Crippen molar-refractivity contribution >= 4 is 28.8 Å². The standard InChI is InChI=1S/C31H39N7O3/c1-21(2)34-29(39)23-9-11-25(12-10-23)38-27-18-28(41-16-15-37-13-4-3-5-14-37)33-20-26(27)35-31(38)36-30(40)24-8-6-7-22(17-24)19-32/h6-8,17-18,20-21,23,25H,3-5,9-16H2,1-2H3,(H,34,39)(H,35,36,40). The summed E-state index contributed by atoms with van der Waals surface area (Å²) in [5.74, 6) is 0.698. The molecule has 0 radical (unpaired) electrons. The summed E-state index contributed by atoms with van der Waals surface area (Å²) in [5.41, 5.74) is 2.30. The van der Waals surface area contributed by atoms with Crippen LogP contribution in [0.4, 0.5) is 5.95 Å². The number of imidazole rings is 1. The maximum atomic E-state index is 13.2. The number of aromatic nitrogens is 3. The van der Waals surface area contributed by atoms with Gasteiger partial charge in [0.05, 0.1) is 23.3 Å². The Kier molecular flexibility index (Phi) is 9.14. The molecule has 41 heavy (non-hydrogen) atoms. The van der Waals surface area contributed by atoms with Gasteiger partial charge in [0.25, 0.3) is 5.91 Å². The first-order valence-corrected chi connectivity index (χ1v) is 14.8. The molecule has 1 saturated carbocycles. The van der Waals surface area contributed by atoms with Gasteiger partial charge in [-0.05, 0) is 83.7 Å². The van der Waals surface area contributed by atoms with Crippen molar-refractivity contribution in [3.8, 4) is 11.9 Å². The highest BCUT2D eigenvalue weighted by atomic mass is 16.5. The van der Waals surface area contributed by atoms with Crippen molar-refractivity contribution in [1.82, 2.24) is 24.8 Å². The Labute approximate surface area is 241 Å². The van der Waals surface area contributed by atoms with E-state index in [-0.39, 0.29) is 29.8 Å². The van der Waals surface area contributed by atoms with E-state index in [1.165, 1.54) is 19.3 Å². The van der Waals surface area contributed by atoms with Gasteiger partial charge in [0, 0.05) is 36.2 Å². The van der Waals surface area contributed by atoms with Crippen molar-refractivity contribution in [3.05, 3.63) is 47.7 Å². The fourth-order valence-electron chi connectivity index (χ4n) is 5.88. The molecule has 0 atom stereocenters. The largest absolute Gasteiger partial charge is 0.476 e. The summed E-state index contributed by atoms with van der Waals surface area (Å²) in [7, 11) is 0. The van der Waals surface area contributed by atoms with Gasteiger partial charge >= 0.3 is 0 Å². The van der Waals surface area contributed by atoms with Gasteiger partial charge in [0.2, 0.25) is 17.7 Å². The topological polar surface area (TPSA) is 125 Å². The molecule has 2 aliphatic rings. The van der Waals surface area contributed by atoms with Crippen molar-refractivity contribution in [2.75, 3.05) is 31.6 Å². The predicted molar refractivity (Wildman–Crippen MR) is 157 cm³/mol. The molecule has 0 spiro atoms. The summed E-state index contributed by atoms with van der Waals surface area (Å²) in [5, 5.41) is 15.3. The third-order valence-electron chi connectivity index (χ3n) is 8.00. The molecule has 0 bridgehead atoms. The number of fused-ring (bicyclic) bond motifs is 1. The second-order valence-corrected chi connectivity index (χ2v) is 11.4. The van der Waals surface area contributed by atoms with E-state index in [1.54, 1.807) is 30.5 Å². The minimum absolute atomic E-state index is 0.0226. The molecule has 1 aliphatic heterocycles. The Morgan fingerprint density at radius 3 is 2.63 bits per heavy atom. The highest BCUT2D eigenvalue weighted by Crippen LogP contribution is 2.37. The SMILES string of the molecule is CC(C)NC(=O)C1CCC(n2c(NC(=O)c3cccc(C#N)c3)nc3cnc(OCCN4CCCCC4)cc32)CC1. The zero-order chi connectivity index (χ0) is 28.8. The molecular formula is C31H39N7O3. The number of piperidine rings is 1. The highest BCUT2D eigenvalue weighted by molar-refractivity contribution is 6.04. The smallest absolute Gasteiger partial charge is 0.258 e. The number of amides is 2. The lowest BCUT2D eigenvalue weighted by Gasteiger charge is -2.30. The number of anilines is 1. The van der Waals surface area contributed by atoms with Gasteiger partial charge in [-0.3, -0.25) is 19.8 Å². The molecule has 2 fully saturated rings. The van der Waals surface area contributed by atoms with Crippen LogP contribution >= 0.6 is 0 Å². The molecule has 5 rings (SSSR count). The second-order valence-electron chi connectivity index (χ2n) is 11.4. The lowest BCUT2D eigenvalue weighted by molar-refractivity contribution is -0.126. The van der Waals surface area contributed by atoms with Crippen molar-refractivity contribution in [2.24, 2.45) is 5.92 Å². The van der Waals surface area contributed by atoms with E-state index in [9.17, 15) is 14.9 Å². The number of rotatable bonds is 9. The zero-order valence-corrected chi connectivity index (χ0v) is 23.9. The van der Waals surface area contributed by atoms with E-state index in [1.807, 2.05) is 19.9 Å². The molecular weight excluding hydrogens is 518 g/mol. The van der Waals surface area contributed by atoms with Gasteiger partial charge in [-0.25, -0.2) is 9.97 Å². The maximum absolute atomic E-state index is 13.2. The number of hydrogen-bond acceptors (Lipinski definition) is 7. The zero-order valence-electron chi connectivity index (χ0n) is 23.9. The fraction of sp³-hybridized carbons (Fsp3) is 0.516. The Balaban J connectivity index is 1.38. The summed E-state index contributed by atoms with van der Waals surface area (Å²) in [4.78, 5) is 37.5. The number of nitrogens with zero attached hydrogens (tertiary/aromatic N) is 5. The number of carbonyl (C=O) groups excluding carboxylic acids is 2. The molecule has 2 N–H and O–H groups in total. The van der Waals surface area contributed by atoms with Crippen molar-refractivity contribution < 1.29 is 14.3 Å². The average molecular weight is 558 g/mol. The van der Waals surface area contributed by atoms with Gasteiger partial charge in [-0.1, -0.05) is 12.5 Å². The fourth-order valence-corrected chi connectivity index (χ4v) is 5.88. The van der Waals surface area contributed by atoms with E-state index in [0.29, 0.717) is 35.1 Å². The quantitative estimate of drug-likeness (QED) is 0.391. The summed E-state index contributed by atoms with van der Waals surface area (Å²) >= 11 is 0. The molecule has 2 amide bonds. The number of pyridine rings is 1. The number of likely N-dealkylation sites (tertiary alicyclic amines) is 1. The van der Waals surface area contributed by atoms with Gasteiger partial charge in [-0.15, -0.1) is 0 Å². The van der Waals surface area contributed by atoms with Crippen molar-refractivity contribution in [1.29, 1.82) is 5.26 Å². The van der Waals surface area contributed by atoms with Crippen LogP contribution in [0.25, 0.3) is 11.0 Å². The summed E-state index contributed by atoms with van der Waals surface area (Å²) in [6.45, 7) is 7.60. The monoisotopic (exact) mass is 557 g/mol. The molecule has 0 unspecified atom stereocenters. The maximum Gasteiger partial charge on any atom is 0.258 e. The molecule has 2 aromatic heterocycles. The number of ether oxygens (including phenoxy) is 1. The van der Waals surface area contributed by atoms with E-state index < -0.39 is 0 Å². The van der Waals surface area contributed by atoms with Crippen LogP contribution in [0.2, 0.25) is 0 Å². The number of nitriles is 1. The lowest BCUT2D eigenvalue weighted by atomic mass is 9.85. The van der Waals surface area contributed by atoms with Gasteiger partial charge < -0.3 is 14.6 Å². The average Bonchev–Trinajstić information content (AvgIpc) is 3.34. The predicted octanol–water partition coefficient (Wildman–Crippen LogP) is 4.68. The van der Waals surface area contributed by atoms with Crippen molar-refractivity contribution in [3.63, 3.8) is 0 Å². The van der Waals surface area contributed by atoms with Crippen LogP contribution in [0.3, 0.4) is 0 Å². The van der Waals surface area contributed by atoms with Crippen LogP contribution in [-0.4, -0.2) is 63.5 Å². The van der Waals surface area contributed by atoms with E-state index in [4.69, 9.17) is 9.72 Å². The lowest BCUT2D eigenvalue weighted by Crippen LogP contribution is -2.37. The molecule has 10 heteroatoms. The summed E-state index contributed by atoms with van der Waals surface area (Å²) in [6.07, 6.45) is 8.53. The number of carbonyl (C=O) groups is 2. The Bertz CT molecular complexity index is 1410. The Morgan fingerprint density at radius 2 is 1.90 bits per heavy atom. The van der Waals surface area contributed by atoms with E-state index >= 15 is 0 Å². The van der Waals surface area contributed by atoms with Crippen LogP contribution in [0.15, 0.2) is 36.5 Å². The molecule has 1 aliphatic carbocycles. The van der Waals surface area contributed by atoms with Crippen LogP contribution in [0.5, 0.6) is 5.88 Å². The summed E-state index contributed by atoms with van der Waals surface area (Å²) in [6, 6.07) is 10.7. The molecule has 1 saturated heterocycles. The highest BCUT2D eigenvalue weighted by Gasteiger charge is 2.30. The van der Waals surface area contributed by atoms with Crippen molar-refractivity contribution in [2.45, 2.75) is 70.9 Å². The van der Waals surface area contributed by atoms with Crippen LogP contribution in [-0.2, 0) is 4.79 Å². The van der Waals surface area contributed by atoms with Crippen LogP contribution in [0.1, 0.15) is 80.8 Å². The first-order chi connectivity index (χ1) is 19.9. The molecule has 216 valence electrons. The van der Waals surface area contributed by atoms with Gasteiger partial charge in [-0.2, -0.15) is 5.26 Å². The molecule has 3 heterocycles. The minimum Gasteiger partial charge on any atom is -0.476 e. The minimum atomic E-state index is -0.338. The van der Waals surface area contributed by atoms with Gasteiger partial charge in [0.15, 0.2) is 0 Å². The molecule has 3 aromatic rings. The number of hydrogen-bond donors (Lipinski definition) is 2. The van der Waals surface area contributed by atoms with E-state index in [2.05, 4.69) is 31.2 Å². The number of nitrogens with one attached hydrogen (secondary N) is 2. The Morgan fingerprint density at radius 1 is 1.12 bits per heavy atom. The molecule has 10 nitrogen and oxygen atoms in total. The third kappa shape index (κ3) is 7.03. The van der Waals surface area contributed by atoms with E-state index in [0.717, 1.165) is 50.8 Å². The normalized spacial score (nSPS) is 19.6. The second kappa shape index (κ2) is 13.1. The number of benzene rings is 1. The first-order valence-electron chi connectivity index (χ1n) is 14.8. The summed E-state index contributed by atoms with van der Waals surface area (Å²) < 4.78 is 8.13. The Hall–Kier alpha value is -3.97. The third-order valence-corrected chi connectivity index (χ3v) is 8.00. The van der Waals surface area contributed by atoms with Crippen LogP contribution in [0, 0.1) is 17.2 Å². The van der Waals surface area contributed by atoms with Gasteiger partial charge in [0.1, 0.15) is 12.1 Å². The first kappa shape index (κ1) is 28.6. The van der Waals surface area contributed by atoms with Crippen LogP contribution < -0.4 is 15.4 Å². The molecule has 1 aromatic carbocycles.